The summed E-state index contributed by atoms with van der Waals surface area (Å²) in [6, 6.07) is 7.40. The second-order valence-electron chi connectivity index (χ2n) is 5.79. The normalized spacial score (nSPS) is 11.3. The van der Waals surface area contributed by atoms with E-state index in [1.807, 2.05) is 18.2 Å². The Morgan fingerprint density at radius 2 is 1.76 bits per heavy atom. The Hall–Kier alpha value is -2.30. The number of benzene rings is 1. The van der Waals surface area contributed by atoms with Crippen molar-refractivity contribution < 1.29 is 9.47 Å². The largest absolute Gasteiger partial charge is 0.493 e. The Bertz CT molecular complexity index is 648. The molecule has 0 aliphatic rings. The zero-order chi connectivity index (χ0) is 15.6. The van der Waals surface area contributed by atoms with Gasteiger partial charge in [-0.15, -0.1) is 0 Å². The van der Waals surface area contributed by atoms with Crippen molar-refractivity contribution in [3.8, 4) is 22.9 Å². The van der Waals surface area contributed by atoms with Crippen molar-refractivity contribution in [1.29, 1.82) is 0 Å². The lowest BCUT2D eigenvalue weighted by Gasteiger charge is -2.19. The van der Waals surface area contributed by atoms with Crippen LogP contribution in [0.2, 0.25) is 0 Å². The molecule has 112 valence electrons. The first-order chi connectivity index (χ1) is 9.86. The first-order valence-electron chi connectivity index (χ1n) is 6.73. The van der Waals surface area contributed by atoms with Gasteiger partial charge in [0.05, 0.1) is 25.5 Å². The quantitative estimate of drug-likeness (QED) is 0.939. The van der Waals surface area contributed by atoms with Crippen LogP contribution in [0.1, 0.15) is 26.5 Å². The molecule has 0 saturated heterocycles. The fraction of sp³-hybridized carbons (Fsp3) is 0.375. The zero-order valence-electron chi connectivity index (χ0n) is 13.1. The second-order valence-corrected chi connectivity index (χ2v) is 5.79. The molecule has 1 aromatic heterocycles. The number of methoxy groups -OCH3 is 2. The van der Waals surface area contributed by atoms with Gasteiger partial charge in [0.1, 0.15) is 5.82 Å². The first kappa shape index (κ1) is 15.1. The molecule has 0 bridgehead atoms. The minimum absolute atomic E-state index is 0.113. The molecule has 2 N–H and O–H groups in total. The third-order valence-electron chi connectivity index (χ3n) is 3.16. The van der Waals surface area contributed by atoms with E-state index in [0.717, 1.165) is 11.3 Å². The maximum absolute atomic E-state index is 5.93. The molecule has 5 nitrogen and oxygen atoms in total. The van der Waals surface area contributed by atoms with Gasteiger partial charge in [0, 0.05) is 11.5 Å². The summed E-state index contributed by atoms with van der Waals surface area (Å²) in [4.78, 5) is 8.97. The number of nitrogen functional groups attached to an aromatic ring is 1. The van der Waals surface area contributed by atoms with Gasteiger partial charge in [-0.05, 0) is 12.1 Å². The Morgan fingerprint density at radius 3 is 2.33 bits per heavy atom. The number of nitrogens with two attached hydrogens (primary N) is 1. The average Bonchev–Trinajstić information content (AvgIpc) is 2.44. The van der Waals surface area contributed by atoms with E-state index >= 15 is 0 Å². The van der Waals surface area contributed by atoms with Crippen LogP contribution in [0, 0.1) is 0 Å². The highest BCUT2D eigenvalue weighted by molar-refractivity contribution is 5.69. The fourth-order valence-corrected chi connectivity index (χ4v) is 2.03. The summed E-state index contributed by atoms with van der Waals surface area (Å²) in [7, 11) is 3.20. The molecular formula is C16H21N3O2. The van der Waals surface area contributed by atoms with Crippen molar-refractivity contribution in [1.82, 2.24) is 9.97 Å². The molecule has 21 heavy (non-hydrogen) atoms. The fourth-order valence-electron chi connectivity index (χ4n) is 2.03. The van der Waals surface area contributed by atoms with Gasteiger partial charge in [0.25, 0.3) is 0 Å². The summed E-state index contributed by atoms with van der Waals surface area (Å²) in [6.07, 6.45) is 0. The van der Waals surface area contributed by atoms with E-state index in [9.17, 15) is 0 Å². The molecule has 0 saturated carbocycles. The Morgan fingerprint density at radius 1 is 1.05 bits per heavy atom. The van der Waals surface area contributed by atoms with Gasteiger partial charge in [-0.3, -0.25) is 0 Å². The van der Waals surface area contributed by atoms with E-state index in [4.69, 9.17) is 15.2 Å². The minimum atomic E-state index is -0.113. The standard InChI is InChI=1S/C16H21N3O2/c1-16(2,3)12-9-13(17)19-15(18-12)10-7-6-8-11(20-4)14(10)21-5/h6-9H,1-5H3,(H2,17,18,19). The molecule has 0 radical (unpaired) electrons. The van der Waals surface area contributed by atoms with Crippen LogP contribution in [0.25, 0.3) is 11.4 Å². The summed E-state index contributed by atoms with van der Waals surface area (Å²) in [5.74, 6) is 2.22. The van der Waals surface area contributed by atoms with Crippen molar-refractivity contribution in [3.63, 3.8) is 0 Å². The van der Waals surface area contributed by atoms with Crippen LogP contribution in [0.5, 0.6) is 11.5 Å². The second kappa shape index (κ2) is 5.60. The van der Waals surface area contributed by atoms with E-state index in [1.54, 1.807) is 20.3 Å². The lowest BCUT2D eigenvalue weighted by Crippen LogP contribution is -2.15. The van der Waals surface area contributed by atoms with Crippen LogP contribution in [0.4, 0.5) is 5.82 Å². The van der Waals surface area contributed by atoms with Crippen molar-refractivity contribution >= 4 is 5.82 Å². The van der Waals surface area contributed by atoms with Gasteiger partial charge < -0.3 is 15.2 Å². The van der Waals surface area contributed by atoms with Gasteiger partial charge in [-0.25, -0.2) is 9.97 Å². The summed E-state index contributed by atoms with van der Waals surface area (Å²) >= 11 is 0. The average molecular weight is 287 g/mol. The van der Waals surface area contributed by atoms with Crippen LogP contribution in [-0.4, -0.2) is 24.2 Å². The SMILES string of the molecule is COc1cccc(-c2nc(N)cc(C(C)(C)C)n2)c1OC. The van der Waals surface area contributed by atoms with Crippen molar-refractivity contribution in [2.45, 2.75) is 26.2 Å². The molecule has 1 aromatic carbocycles. The molecule has 0 spiro atoms. The molecule has 5 heteroatoms. The Labute approximate surface area is 125 Å². The molecular weight excluding hydrogens is 266 g/mol. The highest BCUT2D eigenvalue weighted by atomic mass is 16.5. The molecule has 0 aliphatic carbocycles. The number of anilines is 1. The van der Waals surface area contributed by atoms with Crippen LogP contribution in [-0.2, 0) is 5.41 Å². The highest BCUT2D eigenvalue weighted by Gasteiger charge is 2.20. The smallest absolute Gasteiger partial charge is 0.171 e. The summed E-state index contributed by atoms with van der Waals surface area (Å²) < 4.78 is 10.8. The maximum atomic E-state index is 5.93. The number of hydrogen-bond donors (Lipinski definition) is 1. The van der Waals surface area contributed by atoms with Crippen molar-refractivity contribution in [2.24, 2.45) is 0 Å². The highest BCUT2D eigenvalue weighted by Crippen LogP contribution is 2.37. The van der Waals surface area contributed by atoms with Crippen LogP contribution in [0.3, 0.4) is 0 Å². The third kappa shape index (κ3) is 3.07. The monoisotopic (exact) mass is 287 g/mol. The number of ether oxygens (including phenoxy) is 2. The third-order valence-corrected chi connectivity index (χ3v) is 3.16. The summed E-state index contributed by atoms with van der Waals surface area (Å²) in [6.45, 7) is 6.25. The van der Waals surface area contributed by atoms with Crippen molar-refractivity contribution in [2.75, 3.05) is 20.0 Å². The molecule has 1 heterocycles. The number of nitrogens with zero attached hydrogens (tertiary/aromatic N) is 2. The zero-order valence-corrected chi connectivity index (χ0v) is 13.1. The number of aromatic nitrogens is 2. The predicted octanol–water partition coefficient (Wildman–Crippen LogP) is 3.04. The van der Waals surface area contributed by atoms with Crippen LogP contribution >= 0.6 is 0 Å². The first-order valence-corrected chi connectivity index (χ1v) is 6.73. The van der Waals surface area contributed by atoms with Gasteiger partial charge in [-0.1, -0.05) is 26.8 Å². The van der Waals surface area contributed by atoms with Crippen LogP contribution < -0.4 is 15.2 Å². The lowest BCUT2D eigenvalue weighted by atomic mass is 9.92. The molecule has 2 aromatic rings. The maximum Gasteiger partial charge on any atom is 0.171 e. The summed E-state index contributed by atoms with van der Waals surface area (Å²) in [5, 5.41) is 0. The Balaban J connectivity index is 2.65. The van der Waals surface area contributed by atoms with Gasteiger partial charge in [0.2, 0.25) is 0 Å². The van der Waals surface area contributed by atoms with E-state index in [1.165, 1.54) is 0 Å². The molecule has 0 atom stereocenters. The van der Waals surface area contributed by atoms with Gasteiger partial charge >= 0.3 is 0 Å². The van der Waals surface area contributed by atoms with Crippen LogP contribution in [0.15, 0.2) is 24.3 Å². The summed E-state index contributed by atoms with van der Waals surface area (Å²) in [5.41, 5.74) is 7.46. The minimum Gasteiger partial charge on any atom is -0.493 e. The van der Waals surface area contributed by atoms with E-state index in [0.29, 0.717) is 23.1 Å². The molecule has 0 unspecified atom stereocenters. The topological polar surface area (TPSA) is 70.3 Å². The molecule has 0 fully saturated rings. The van der Waals surface area contributed by atoms with E-state index in [-0.39, 0.29) is 5.41 Å². The van der Waals surface area contributed by atoms with E-state index < -0.39 is 0 Å². The molecule has 2 rings (SSSR count). The van der Waals surface area contributed by atoms with Gasteiger partial charge in [-0.2, -0.15) is 0 Å². The Kier molecular flexibility index (Phi) is 4.02. The van der Waals surface area contributed by atoms with Crippen molar-refractivity contribution in [3.05, 3.63) is 30.0 Å². The molecule has 0 amide bonds. The van der Waals surface area contributed by atoms with Gasteiger partial charge in [0.15, 0.2) is 17.3 Å². The lowest BCUT2D eigenvalue weighted by molar-refractivity contribution is 0.356. The predicted molar refractivity (Wildman–Crippen MR) is 83.7 cm³/mol. The van der Waals surface area contributed by atoms with E-state index in [2.05, 4.69) is 30.7 Å². The number of para-hydroxylation sites is 1. The number of hydrogen-bond acceptors (Lipinski definition) is 5. The number of rotatable bonds is 3. The molecule has 0 aliphatic heterocycles.